The lowest BCUT2D eigenvalue weighted by molar-refractivity contribution is 0.545. The largest absolute Gasteiger partial charge is 0.310 e. The quantitative estimate of drug-likeness (QED) is 0.882. The molecule has 2 rings (SSSR count). The Balaban J connectivity index is 2.20. The van der Waals surface area contributed by atoms with Gasteiger partial charge in [-0.2, -0.15) is 5.10 Å². The van der Waals surface area contributed by atoms with Crippen LogP contribution >= 0.6 is 11.3 Å². The fourth-order valence-corrected chi connectivity index (χ4v) is 3.05. The van der Waals surface area contributed by atoms with Gasteiger partial charge in [0.05, 0.1) is 4.88 Å². The maximum absolute atomic E-state index is 4.43. The molecule has 17 heavy (non-hydrogen) atoms. The molecule has 92 valence electrons. The van der Waals surface area contributed by atoms with Crippen LogP contribution in [0.2, 0.25) is 0 Å². The molecule has 1 unspecified atom stereocenters. The number of nitrogens with zero attached hydrogens (tertiary/aromatic N) is 2. The molecule has 0 aliphatic carbocycles. The normalized spacial score (nSPS) is 12.9. The topological polar surface area (TPSA) is 29.9 Å². The van der Waals surface area contributed by atoms with Gasteiger partial charge in [0.2, 0.25) is 0 Å². The first-order valence-electron chi connectivity index (χ1n) is 6.07. The van der Waals surface area contributed by atoms with Gasteiger partial charge in [0.1, 0.15) is 5.69 Å². The molecular weight excluding hydrogens is 230 g/mol. The van der Waals surface area contributed by atoms with Crippen LogP contribution in [0.5, 0.6) is 0 Å². The van der Waals surface area contributed by atoms with Gasteiger partial charge in [0.15, 0.2) is 0 Å². The van der Waals surface area contributed by atoms with Crippen molar-refractivity contribution in [2.75, 3.05) is 6.54 Å². The van der Waals surface area contributed by atoms with Gasteiger partial charge in [-0.25, -0.2) is 0 Å². The van der Waals surface area contributed by atoms with Crippen LogP contribution in [0, 0.1) is 0 Å². The highest BCUT2D eigenvalue weighted by Crippen LogP contribution is 2.31. The summed E-state index contributed by atoms with van der Waals surface area (Å²) in [4.78, 5) is 2.65. The predicted octanol–water partition coefficient (Wildman–Crippen LogP) is 3.21. The third kappa shape index (κ3) is 2.76. The highest BCUT2D eigenvalue weighted by molar-refractivity contribution is 7.15. The van der Waals surface area contributed by atoms with E-state index in [1.54, 1.807) is 0 Å². The summed E-state index contributed by atoms with van der Waals surface area (Å²) in [5.41, 5.74) is 1.06. The zero-order chi connectivity index (χ0) is 12.3. The first-order chi connectivity index (χ1) is 8.24. The average molecular weight is 249 g/mol. The minimum atomic E-state index is 0.475. The minimum absolute atomic E-state index is 0.475. The Hall–Kier alpha value is -1.13. The average Bonchev–Trinajstić information content (AvgIpc) is 2.94. The third-order valence-corrected chi connectivity index (χ3v) is 4.02. The second kappa shape index (κ2) is 5.47. The van der Waals surface area contributed by atoms with E-state index >= 15 is 0 Å². The lowest BCUT2D eigenvalue weighted by Crippen LogP contribution is -2.18. The zero-order valence-corrected chi connectivity index (χ0v) is 11.4. The number of aryl methyl sites for hydroxylation is 1. The molecule has 0 aliphatic rings. The molecule has 0 fully saturated rings. The SMILES string of the molecule is CCNC(CC)c1ccc(-c2ccn(C)n2)s1. The van der Waals surface area contributed by atoms with Crippen molar-refractivity contribution in [3.8, 4) is 10.6 Å². The summed E-state index contributed by atoms with van der Waals surface area (Å²) in [7, 11) is 1.95. The molecule has 2 heterocycles. The van der Waals surface area contributed by atoms with Crippen molar-refractivity contribution >= 4 is 11.3 Å². The van der Waals surface area contributed by atoms with Crippen molar-refractivity contribution in [2.24, 2.45) is 7.05 Å². The number of thiophene rings is 1. The van der Waals surface area contributed by atoms with E-state index in [4.69, 9.17) is 0 Å². The molecule has 0 saturated carbocycles. The second-order valence-electron chi connectivity index (χ2n) is 4.10. The van der Waals surface area contributed by atoms with E-state index in [2.05, 4.69) is 42.5 Å². The Kier molecular flexibility index (Phi) is 3.97. The van der Waals surface area contributed by atoms with Gasteiger partial charge in [-0.1, -0.05) is 13.8 Å². The van der Waals surface area contributed by atoms with Crippen molar-refractivity contribution in [2.45, 2.75) is 26.3 Å². The van der Waals surface area contributed by atoms with Crippen molar-refractivity contribution in [1.82, 2.24) is 15.1 Å². The molecule has 0 saturated heterocycles. The van der Waals surface area contributed by atoms with Crippen LogP contribution in [-0.2, 0) is 7.05 Å². The van der Waals surface area contributed by atoms with Gasteiger partial charge < -0.3 is 5.32 Å². The first-order valence-corrected chi connectivity index (χ1v) is 6.89. The van der Waals surface area contributed by atoms with Crippen molar-refractivity contribution in [3.63, 3.8) is 0 Å². The molecule has 2 aromatic heterocycles. The van der Waals surface area contributed by atoms with E-state index in [1.807, 2.05) is 29.3 Å². The minimum Gasteiger partial charge on any atom is -0.310 e. The van der Waals surface area contributed by atoms with Crippen molar-refractivity contribution in [3.05, 3.63) is 29.3 Å². The van der Waals surface area contributed by atoms with Crippen molar-refractivity contribution < 1.29 is 0 Å². The van der Waals surface area contributed by atoms with E-state index in [1.165, 1.54) is 9.75 Å². The standard InChI is InChI=1S/C13H19N3S/c1-4-10(14-5-2)12-6-7-13(17-12)11-8-9-16(3)15-11/h6-10,14H,4-5H2,1-3H3. The van der Waals surface area contributed by atoms with Gasteiger partial charge >= 0.3 is 0 Å². The highest BCUT2D eigenvalue weighted by atomic mass is 32.1. The third-order valence-electron chi connectivity index (χ3n) is 2.80. The molecule has 0 aromatic carbocycles. The number of hydrogen-bond donors (Lipinski definition) is 1. The van der Waals surface area contributed by atoms with Crippen molar-refractivity contribution in [1.29, 1.82) is 0 Å². The van der Waals surface area contributed by atoms with Crippen LogP contribution in [0.25, 0.3) is 10.6 Å². The second-order valence-corrected chi connectivity index (χ2v) is 5.21. The van der Waals surface area contributed by atoms with Gasteiger partial charge in [-0.3, -0.25) is 4.68 Å². The van der Waals surface area contributed by atoms with Crippen LogP contribution in [0.3, 0.4) is 0 Å². The van der Waals surface area contributed by atoms with Crippen LogP contribution < -0.4 is 5.32 Å². The molecule has 0 radical (unpaired) electrons. The van der Waals surface area contributed by atoms with E-state index in [0.717, 1.165) is 18.7 Å². The molecule has 3 nitrogen and oxygen atoms in total. The smallest absolute Gasteiger partial charge is 0.102 e. The van der Waals surface area contributed by atoms with E-state index < -0.39 is 0 Å². The summed E-state index contributed by atoms with van der Waals surface area (Å²) in [5, 5.41) is 7.94. The van der Waals surface area contributed by atoms with Gasteiger partial charge in [0, 0.05) is 24.2 Å². The van der Waals surface area contributed by atoms with Gasteiger partial charge in [-0.05, 0) is 31.2 Å². The summed E-state index contributed by atoms with van der Waals surface area (Å²) in [5.74, 6) is 0. The maximum Gasteiger partial charge on any atom is 0.102 e. The summed E-state index contributed by atoms with van der Waals surface area (Å²) >= 11 is 1.83. The predicted molar refractivity (Wildman–Crippen MR) is 73.2 cm³/mol. The van der Waals surface area contributed by atoms with E-state index in [9.17, 15) is 0 Å². The van der Waals surface area contributed by atoms with Gasteiger partial charge in [-0.15, -0.1) is 11.3 Å². The summed E-state index contributed by atoms with van der Waals surface area (Å²) < 4.78 is 1.84. The zero-order valence-electron chi connectivity index (χ0n) is 10.6. The first kappa shape index (κ1) is 12.3. The summed E-state index contributed by atoms with van der Waals surface area (Å²) in [6, 6.07) is 6.92. The Labute approximate surface area is 106 Å². The maximum atomic E-state index is 4.43. The highest BCUT2D eigenvalue weighted by Gasteiger charge is 2.12. The number of aromatic nitrogens is 2. The Morgan fingerprint density at radius 3 is 2.76 bits per heavy atom. The fourth-order valence-electron chi connectivity index (χ4n) is 1.92. The molecule has 1 atom stereocenters. The van der Waals surface area contributed by atoms with Gasteiger partial charge in [0.25, 0.3) is 0 Å². The molecule has 0 spiro atoms. The summed E-state index contributed by atoms with van der Waals surface area (Å²) in [6.07, 6.45) is 3.10. The number of rotatable bonds is 5. The molecule has 4 heteroatoms. The molecule has 0 aliphatic heterocycles. The lowest BCUT2D eigenvalue weighted by Gasteiger charge is -2.13. The molecule has 1 N–H and O–H groups in total. The fraction of sp³-hybridized carbons (Fsp3) is 0.462. The van der Waals surface area contributed by atoms with Crippen LogP contribution in [0.15, 0.2) is 24.4 Å². The van der Waals surface area contributed by atoms with Crippen LogP contribution in [0.4, 0.5) is 0 Å². The number of hydrogen-bond acceptors (Lipinski definition) is 3. The Morgan fingerprint density at radius 2 is 2.18 bits per heavy atom. The number of nitrogens with one attached hydrogen (secondary N) is 1. The van der Waals surface area contributed by atoms with Crippen LogP contribution in [0.1, 0.15) is 31.2 Å². The summed E-state index contributed by atoms with van der Waals surface area (Å²) in [6.45, 7) is 5.37. The molecular formula is C13H19N3S. The molecule has 2 aromatic rings. The lowest BCUT2D eigenvalue weighted by atomic mass is 10.2. The van der Waals surface area contributed by atoms with E-state index in [-0.39, 0.29) is 0 Å². The molecule has 0 amide bonds. The van der Waals surface area contributed by atoms with E-state index in [0.29, 0.717) is 6.04 Å². The Morgan fingerprint density at radius 1 is 1.35 bits per heavy atom. The Bertz CT molecular complexity index is 472. The van der Waals surface area contributed by atoms with Crippen LogP contribution in [-0.4, -0.2) is 16.3 Å². The monoisotopic (exact) mass is 249 g/mol. The molecule has 0 bridgehead atoms.